The Hall–Kier alpha value is -2.63. The van der Waals surface area contributed by atoms with E-state index in [1.807, 2.05) is 24.3 Å². The predicted molar refractivity (Wildman–Crippen MR) is 134 cm³/mol. The Kier molecular flexibility index (Phi) is 8.21. The SMILES string of the molecule is CN(C)S(=O)(=O)c1ccc(N(CC(=O)NCc2ccc(N3CCCCC3)cc2)S(C)(=O)=O)cc1. The van der Waals surface area contributed by atoms with E-state index in [4.69, 9.17) is 0 Å². The average molecular weight is 509 g/mol. The van der Waals surface area contributed by atoms with Gasteiger partial charge in [-0.15, -0.1) is 0 Å². The van der Waals surface area contributed by atoms with Crippen molar-refractivity contribution < 1.29 is 21.6 Å². The molecule has 2 aromatic carbocycles. The minimum absolute atomic E-state index is 0.0344. The van der Waals surface area contributed by atoms with Gasteiger partial charge in [-0.3, -0.25) is 9.10 Å². The lowest BCUT2D eigenvalue weighted by Gasteiger charge is -2.28. The third-order valence-corrected chi connectivity index (χ3v) is 8.71. The summed E-state index contributed by atoms with van der Waals surface area (Å²) < 4.78 is 51.2. The molecule has 1 aliphatic rings. The number of piperidine rings is 1. The van der Waals surface area contributed by atoms with Crippen LogP contribution in [-0.4, -0.2) is 67.0 Å². The van der Waals surface area contributed by atoms with E-state index in [1.54, 1.807) is 0 Å². The lowest BCUT2D eigenvalue weighted by molar-refractivity contribution is -0.119. The van der Waals surface area contributed by atoms with Crippen molar-refractivity contribution in [2.45, 2.75) is 30.7 Å². The Morgan fingerprint density at radius 3 is 2.03 bits per heavy atom. The van der Waals surface area contributed by atoms with E-state index in [-0.39, 0.29) is 17.1 Å². The Bertz CT molecular complexity index is 1190. The third-order valence-electron chi connectivity index (χ3n) is 5.74. The van der Waals surface area contributed by atoms with Crippen molar-refractivity contribution in [2.24, 2.45) is 0 Å². The van der Waals surface area contributed by atoms with Gasteiger partial charge in [0.25, 0.3) is 0 Å². The molecule has 11 heteroatoms. The van der Waals surface area contributed by atoms with Crippen molar-refractivity contribution in [3.63, 3.8) is 0 Å². The number of benzene rings is 2. The van der Waals surface area contributed by atoms with E-state index in [0.29, 0.717) is 0 Å². The second kappa shape index (κ2) is 10.7. The molecule has 0 saturated carbocycles. The number of nitrogens with one attached hydrogen (secondary N) is 1. The van der Waals surface area contributed by atoms with Gasteiger partial charge in [-0.25, -0.2) is 21.1 Å². The lowest BCUT2D eigenvalue weighted by Crippen LogP contribution is -2.40. The molecule has 1 fully saturated rings. The van der Waals surface area contributed by atoms with Crippen LogP contribution in [0.25, 0.3) is 0 Å². The van der Waals surface area contributed by atoms with Crippen molar-refractivity contribution in [3.05, 3.63) is 54.1 Å². The van der Waals surface area contributed by atoms with Gasteiger partial charge in [0, 0.05) is 39.4 Å². The van der Waals surface area contributed by atoms with Crippen LogP contribution < -0.4 is 14.5 Å². The minimum Gasteiger partial charge on any atom is -0.372 e. The fourth-order valence-electron chi connectivity index (χ4n) is 3.76. The summed E-state index contributed by atoms with van der Waals surface area (Å²) in [4.78, 5) is 14.9. The highest BCUT2D eigenvalue weighted by molar-refractivity contribution is 7.92. The molecule has 186 valence electrons. The molecule has 0 bridgehead atoms. The molecule has 1 N–H and O–H groups in total. The molecular formula is C23H32N4O5S2. The largest absolute Gasteiger partial charge is 0.372 e. The Balaban J connectivity index is 1.64. The summed E-state index contributed by atoms with van der Waals surface area (Å²) in [5.74, 6) is -0.462. The normalized spacial score (nSPS) is 14.8. The molecule has 3 rings (SSSR count). The first-order valence-electron chi connectivity index (χ1n) is 11.1. The van der Waals surface area contributed by atoms with Gasteiger partial charge >= 0.3 is 0 Å². The number of amides is 1. The van der Waals surface area contributed by atoms with Gasteiger partial charge < -0.3 is 10.2 Å². The molecule has 1 heterocycles. The first-order chi connectivity index (χ1) is 16.0. The van der Waals surface area contributed by atoms with Crippen LogP contribution in [0.15, 0.2) is 53.4 Å². The van der Waals surface area contributed by atoms with Crippen molar-refractivity contribution in [2.75, 3.05) is 49.2 Å². The first-order valence-corrected chi connectivity index (χ1v) is 14.4. The fraction of sp³-hybridized carbons (Fsp3) is 0.435. The number of nitrogens with zero attached hydrogens (tertiary/aromatic N) is 3. The van der Waals surface area contributed by atoms with Crippen molar-refractivity contribution >= 4 is 37.3 Å². The quantitative estimate of drug-likeness (QED) is 0.555. The second-order valence-corrected chi connectivity index (χ2v) is 12.6. The number of carbonyl (C=O) groups is 1. The van der Waals surface area contributed by atoms with Gasteiger partial charge in [0.05, 0.1) is 16.8 Å². The molecule has 2 aromatic rings. The van der Waals surface area contributed by atoms with Crippen LogP contribution in [0.4, 0.5) is 11.4 Å². The second-order valence-electron chi connectivity index (χ2n) is 8.54. The number of hydrogen-bond acceptors (Lipinski definition) is 6. The Morgan fingerprint density at radius 2 is 1.50 bits per heavy atom. The molecule has 1 saturated heterocycles. The maximum atomic E-state index is 12.5. The van der Waals surface area contributed by atoms with Crippen LogP contribution in [0.5, 0.6) is 0 Å². The van der Waals surface area contributed by atoms with Gasteiger partial charge in [0.2, 0.25) is 26.0 Å². The number of rotatable bonds is 9. The van der Waals surface area contributed by atoms with Gasteiger partial charge in [-0.05, 0) is 61.2 Å². The summed E-state index contributed by atoms with van der Waals surface area (Å²) in [5, 5.41) is 2.76. The summed E-state index contributed by atoms with van der Waals surface area (Å²) >= 11 is 0. The first kappa shape index (κ1) is 26.0. The molecule has 1 aliphatic heterocycles. The van der Waals surface area contributed by atoms with Gasteiger partial charge in [-0.2, -0.15) is 0 Å². The van der Waals surface area contributed by atoms with E-state index in [0.717, 1.165) is 39.2 Å². The molecule has 9 nitrogen and oxygen atoms in total. The molecular weight excluding hydrogens is 476 g/mol. The standard InChI is InChI=1S/C23H32N4O5S2/c1-25(2)34(31,32)22-13-11-21(12-14-22)27(33(3,29)30)18-23(28)24-17-19-7-9-20(10-8-19)26-15-5-4-6-16-26/h7-14H,4-6,15-18H2,1-3H3,(H,24,28). The molecule has 0 radical (unpaired) electrons. The van der Waals surface area contributed by atoms with E-state index >= 15 is 0 Å². The van der Waals surface area contributed by atoms with Gasteiger partial charge in [0.15, 0.2) is 0 Å². The zero-order valence-corrected chi connectivity index (χ0v) is 21.4. The molecule has 0 atom stereocenters. The lowest BCUT2D eigenvalue weighted by atomic mass is 10.1. The highest BCUT2D eigenvalue weighted by atomic mass is 32.2. The Morgan fingerprint density at radius 1 is 0.912 bits per heavy atom. The molecule has 34 heavy (non-hydrogen) atoms. The summed E-state index contributed by atoms with van der Waals surface area (Å²) in [6, 6.07) is 13.4. The van der Waals surface area contributed by atoms with E-state index in [2.05, 4.69) is 10.2 Å². The van der Waals surface area contributed by atoms with Gasteiger partial charge in [0.1, 0.15) is 6.54 Å². The van der Waals surface area contributed by atoms with Crippen LogP contribution >= 0.6 is 0 Å². The molecule has 0 spiro atoms. The smallest absolute Gasteiger partial charge is 0.242 e. The highest BCUT2D eigenvalue weighted by Gasteiger charge is 2.23. The van der Waals surface area contributed by atoms with Crippen LogP contribution in [0.3, 0.4) is 0 Å². The number of carbonyl (C=O) groups excluding carboxylic acids is 1. The number of sulfonamides is 2. The van der Waals surface area contributed by atoms with Crippen LogP contribution in [0.1, 0.15) is 24.8 Å². The average Bonchev–Trinajstić information content (AvgIpc) is 2.81. The number of hydrogen-bond donors (Lipinski definition) is 1. The van der Waals surface area contributed by atoms with E-state index < -0.39 is 32.5 Å². The fourth-order valence-corrected chi connectivity index (χ4v) is 5.52. The van der Waals surface area contributed by atoms with E-state index in [1.165, 1.54) is 57.6 Å². The summed E-state index contributed by atoms with van der Waals surface area (Å²) in [6.45, 7) is 1.97. The zero-order chi connectivity index (χ0) is 24.9. The van der Waals surface area contributed by atoms with Crippen molar-refractivity contribution in [3.8, 4) is 0 Å². The summed E-state index contributed by atoms with van der Waals surface area (Å²) in [6.07, 6.45) is 4.67. The molecule has 0 unspecified atom stereocenters. The van der Waals surface area contributed by atoms with Crippen LogP contribution in [0.2, 0.25) is 0 Å². The summed E-state index contributed by atoms with van der Waals surface area (Å²) in [5.41, 5.74) is 2.29. The van der Waals surface area contributed by atoms with E-state index in [9.17, 15) is 21.6 Å². The molecule has 0 aliphatic carbocycles. The molecule has 0 aromatic heterocycles. The van der Waals surface area contributed by atoms with Crippen molar-refractivity contribution in [1.82, 2.24) is 9.62 Å². The minimum atomic E-state index is -3.77. The number of anilines is 2. The highest BCUT2D eigenvalue weighted by Crippen LogP contribution is 2.22. The summed E-state index contributed by atoms with van der Waals surface area (Å²) in [7, 11) is -4.59. The van der Waals surface area contributed by atoms with Gasteiger partial charge in [-0.1, -0.05) is 12.1 Å². The van der Waals surface area contributed by atoms with Crippen molar-refractivity contribution in [1.29, 1.82) is 0 Å². The predicted octanol–water partition coefficient (Wildman–Crippen LogP) is 2.01. The maximum Gasteiger partial charge on any atom is 0.242 e. The monoisotopic (exact) mass is 508 g/mol. The van der Waals surface area contributed by atoms with Crippen LogP contribution in [0, 0.1) is 0 Å². The molecule has 1 amide bonds. The topological polar surface area (TPSA) is 107 Å². The third kappa shape index (κ3) is 6.49. The Labute approximate surface area is 202 Å². The van der Waals surface area contributed by atoms with Crippen LogP contribution in [-0.2, 0) is 31.4 Å². The zero-order valence-electron chi connectivity index (χ0n) is 19.8. The maximum absolute atomic E-state index is 12.5.